The maximum absolute atomic E-state index is 13.1. The number of halogens is 1. The molecule has 0 bridgehead atoms. The molecule has 0 aromatic heterocycles. The zero-order chi connectivity index (χ0) is 22.5. The molecule has 3 rings (SSSR count). The topological polar surface area (TPSA) is 66.8 Å². The van der Waals surface area contributed by atoms with E-state index in [2.05, 4.69) is 6.92 Å². The molecule has 6 heteroatoms. The number of aliphatic hydroxyl groups excluding tert-OH is 1. The summed E-state index contributed by atoms with van der Waals surface area (Å²) < 4.78 is 5.52. The Kier molecular flexibility index (Phi) is 7.39. The normalized spacial score (nSPS) is 17.9. The summed E-state index contributed by atoms with van der Waals surface area (Å²) in [4.78, 5) is 27.6. The van der Waals surface area contributed by atoms with Gasteiger partial charge in [-0.25, -0.2) is 0 Å². The van der Waals surface area contributed by atoms with Crippen molar-refractivity contribution in [1.29, 1.82) is 0 Å². The van der Waals surface area contributed by atoms with Gasteiger partial charge in [0.05, 0.1) is 23.2 Å². The summed E-state index contributed by atoms with van der Waals surface area (Å²) in [5, 5.41) is 11.5. The minimum atomic E-state index is -0.694. The van der Waals surface area contributed by atoms with E-state index >= 15 is 0 Å². The molecule has 1 saturated heterocycles. The number of hydrogen-bond donors (Lipinski definition) is 1. The van der Waals surface area contributed by atoms with Gasteiger partial charge in [-0.3, -0.25) is 9.59 Å². The molecule has 0 saturated carbocycles. The highest BCUT2D eigenvalue weighted by atomic mass is 35.5. The molecule has 5 nitrogen and oxygen atoms in total. The molecule has 31 heavy (non-hydrogen) atoms. The van der Waals surface area contributed by atoms with Crippen molar-refractivity contribution in [2.24, 2.45) is 0 Å². The molecule has 2 aromatic carbocycles. The van der Waals surface area contributed by atoms with Crippen LogP contribution in [0.15, 0.2) is 48.0 Å². The fourth-order valence-corrected chi connectivity index (χ4v) is 4.15. The highest BCUT2D eigenvalue weighted by molar-refractivity contribution is 6.47. The monoisotopic (exact) mass is 441 g/mol. The number of aryl methyl sites for hydroxylation is 1. The first-order chi connectivity index (χ1) is 14.9. The number of benzene rings is 2. The minimum absolute atomic E-state index is 0.0614. The Morgan fingerprint density at radius 2 is 1.87 bits per heavy atom. The second-order valence-corrected chi connectivity index (χ2v) is 8.04. The molecule has 164 valence electrons. The van der Waals surface area contributed by atoms with E-state index < -0.39 is 17.7 Å². The predicted octanol–water partition coefficient (Wildman–Crippen LogP) is 5.66. The number of unbranched alkanes of at least 4 members (excludes halogenated alkanes) is 2. The van der Waals surface area contributed by atoms with Gasteiger partial charge in [0.1, 0.15) is 11.5 Å². The van der Waals surface area contributed by atoms with Gasteiger partial charge in [-0.2, -0.15) is 0 Å². The van der Waals surface area contributed by atoms with Crippen LogP contribution in [0, 0.1) is 6.92 Å². The number of carbonyl (C=O) groups is 2. The summed E-state index contributed by atoms with van der Waals surface area (Å²) >= 11 is 6.36. The van der Waals surface area contributed by atoms with Gasteiger partial charge in [0.2, 0.25) is 0 Å². The molecule has 0 spiro atoms. The van der Waals surface area contributed by atoms with Crippen molar-refractivity contribution in [3.05, 3.63) is 69.8 Å². The van der Waals surface area contributed by atoms with E-state index in [1.54, 1.807) is 23.1 Å². The van der Waals surface area contributed by atoms with Gasteiger partial charge >= 0.3 is 0 Å². The number of hydrogen-bond acceptors (Lipinski definition) is 4. The Labute approximate surface area is 188 Å². The summed E-state index contributed by atoms with van der Waals surface area (Å²) in [6.07, 6.45) is 2.73. The maximum atomic E-state index is 13.1. The number of ether oxygens (including phenoxy) is 1. The van der Waals surface area contributed by atoms with Crippen LogP contribution in [0.2, 0.25) is 5.02 Å². The molecule has 0 aliphatic carbocycles. The largest absolute Gasteiger partial charge is 0.507 e. The highest BCUT2D eigenvalue weighted by Crippen LogP contribution is 2.42. The second-order valence-electron chi connectivity index (χ2n) is 7.63. The third kappa shape index (κ3) is 4.62. The van der Waals surface area contributed by atoms with Crippen molar-refractivity contribution in [1.82, 2.24) is 4.90 Å². The molecule has 1 atom stereocenters. The summed E-state index contributed by atoms with van der Waals surface area (Å²) in [6.45, 7) is 6.77. The van der Waals surface area contributed by atoms with Crippen molar-refractivity contribution in [3.8, 4) is 5.75 Å². The maximum Gasteiger partial charge on any atom is 0.295 e. The standard InChI is InChI=1S/C25H28ClNO4/c1-4-6-9-14-27-22(18-11-8-7-10-16(18)3)21(24(29)25(27)30)23(28)19-15-17(31-5-2)12-13-20(19)26/h7-8,10-13,15,22,28H,4-6,9,14H2,1-3H3/b23-21+. The summed E-state index contributed by atoms with van der Waals surface area (Å²) in [7, 11) is 0. The average molecular weight is 442 g/mol. The van der Waals surface area contributed by atoms with E-state index in [0.717, 1.165) is 30.4 Å². The van der Waals surface area contributed by atoms with Gasteiger partial charge in [-0.05, 0) is 49.6 Å². The van der Waals surface area contributed by atoms with E-state index in [9.17, 15) is 14.7 Å². The molecule has 0 radical (unpaired) electrons. The summed E-state index contributed by atoms with van der Waals surface area (Å²) in [5.74, 6) is -1.04. The van der Waals surface area contributed by atoms with Gasteiger partial charge in [0.15, 0.2) is 0 Å². The van der Waals surface area contributed by atoms with Crippen molar-refractivity contribution in [3.63, 3.8) is 0 Å². The van der Waals surface area contributed by atoms with E-state index in [-0.39, 0.29) is 21.9 Å². The van der Waals surface area contributed by atoms with E-state index in [0.29, 0.717) is 18.9 Å². The van der Waals surface area contributed by atoms with Crippen molar-refractivity contribution < 1.29 is 19.4 Å². The molecule has 1 fully saturated rings. The van der Waals surface area contributed by atoms with Gasteiger partial charge in [-0.15, -0.1) is 0 Å². The van der Waals surface area contributed by atoms with Crippen molar-refractivity contribution in [2.75, 3.05) is 13.2 Å². The summed E-state index contributed by atoms with van der Waals surface area (Å²) in [6, 6.07) is 11.9. The smallest absolute Gasteiger partial charge is 0.295 e. The molecule has 2 aromatic rings. The number of aliphatic hydroxyl groups is 1. The zero-order valence-electron chi connectivity index (χ0n) is 18.2. The lowest BCUT2D eigenvalue weighted by Crippen LogP contribution is -2.31. The first-order valence-corrected chi connectivity index (χ1v) is 11.0. The van der Waals surface area contributed by atoms with Crippen LogP contribution < -0.4 is 4.74 Å². The van der Waals surface area contributed by atoms with Crippen LogP contribution in [-0.2, 0) is 9.59 Å². The molecular weight excluding hydrogens is 414 g/mol. The fraction of sp³-hybridized carbons (Fsp3) is 0.360. The first-order valence-electron chi connectivity index (χ1n) is 10.7. The van der Waals surface area contributed by atoms with Crippen LogP contribution >= 0.6 is 11.6 Å². The highest BCUT2D eigenvalue weighted by Gasteiger charge is 2.46. The number of likely N-dealkylation sites (tertiary alicyclic amines) is 1. The molecule has 1 amide bonds. The Morgan fingerprint density at radius 1 is 1.13 bits per heavy atom. The SMILES string of the molecule is CCCCCN1C(=O)C(=O)/C(=C(/O)c2cc(OCC)ccc2Cl)C1c1ccccc1C. The average Bonchev–Trinajstić information content (AvgIpc) is 3.00. The molecule has 1 heterocycles. The number of Topliss-reactive ketones (excluding diaryl/α,β-unsaturated/α-hetero) is 1. The minimum Gasteiger partial charge on any atom is -0.507 e. The molecule has 1 aliphatic heterocycles. The molecular formula is C25H28ClNO4. The fourth-order valence-electron chi connectivity index (χ4n) is 3.95. The van der Waals surface area contributed by atoms with E-state index in [1.807, 2.05) is 38.1 Å². The van der Waals surface area contributed by atoms with Crippen LogP contribution in [0.5, 0.6) is 5.75 Å². The predicted molar refractivity (Wildman–Crippen MR) is 122 cm³/mol. The van der Waals surface area contributed by atoms with Gasteiger partial charge in [-0.1, -0.05) is 55.6 Å². The molecule has 1 unspecified atom stereocenters. The number of carbonyl (C=O) groups excluding carboxylic acids is 2. The number of ketones is 1. The first kappa shape index (κ1) is 22.9. The quantitative estimate of drug-likeness (QED) is 0.248. The lowest BCUT2D eigenvalue weighted by atomic mass is 9.92. The van der Waals surface area contributed by atoms with Crippen LogP contribution in [0.1, 0.15) is 55.8 Å². The van der Waals surface area contributed by atoms with Crippen LogP contribution in [0.4, 0.5) is 0 Å². The lowest BCUT2D eigenvalue weighted by molar-refractivity contribution is -0.139. The third-order valence-electron chi connectivity index (χ3n) is 5.53. The van der Waals surface area contributed by atoms with Gasteiger partial charge in [0.25, 0.3) is 11.7 Å². The lowest BCUT2D eigenvalue weighted by Gasteiger charge is -2.26. The number of rotatable bonds is 8. The second kappa shape index (κ2) is 10.0. The molecule has 1 aliphatic rings. The van der Waals surface area contributed by atoms with E-state index in [1.165, 1.54) is 0 Å². The third-order valence-corrected chi connectivity index (χ3v) is 5.86. The van der Waals surface area contributed by atoms with Crippen LogP contribution in [-0.4, -0.2) is 34.8 Å². The van der Waals surface area contributed by atoms with Crippen molar-refractivity contribution >= 4 is 29.1 Å². The van der Waals surface area contributed by atoms with Gasteiger partial charge in [0, 0.05) is 12.1 Å². The van der Waals surface area contributed by atoms with Crippen LogP contribution in [0.3, 0.4) is 0 Å². The Hall–Kier alpha value is -2.79. The van der Waals surface area contributed by atoms with Crippen molar-refractivity contribution in [2.45, 2.75) is 46.1 Å². The van der Waals surface area contributed by atoms with Crippen LogP contribution in [0.25, 0.3) is 5.76 Å². The zero-order valence-corrected chi connectivity index (χ0v) is 18.9. The Bertz CT molecular complexity index is 1010. The number of nitrogens with zero attached hydrogens (tertiary/aromatic N) is 1. The molecule has 1 N–H and O–H groups in total. The summed E-state index contributed by atoms with van der Waals surface area (Å²) in [5.41, 5.74) is 2.09. The Balaban J connectivity index is 2.18. The van der Waals surface area contributed by atoms with Gasteiger partial charge < -0.3 is 14.7 Å². The number of amides is 1. The Morgan fingerprint density at radius 3 is 2.55 bits per heavy atom. The van der Waals surface area contributed by atoms with E-state index in [4.69, 9.17) is 16.3 Å².